The van der Waals surface area contributed by atoms with Gasteiger partial charge in [-0.2, -0.15) is 0 Å². The van der Waals surface area contributed by atoms with Crippen LogP contribution in [0.3, 0.4) is 0 Å². The topological polar surface area (TPSA) is 102 Å². The van der Waals surface area contributed by atoms with E-state index in [1.807, 2.05) is 0 Å². The van der Waals surface area contributed by atoms with Crippen LogP contribution in [0.2, 0.25) is 0 Å². The van der Waals surface area contributed by atoms with Crippen molar-refractivity contribution < 1.29 is 29.0 Å². The first-order chi connectivity index (χ1) is 8.63. The quantitative estimate of drug-likeness (QED) is 0.666. The molecule has 0 spiro atoms. The van der Waals surface area contributed by atoms with Crippen LogP contribution in [0, 0.1) is 5.41 Å². The van der Waals surface area contributed by atoms with E-state index in [1.54, 1.807) is 20.8 Å². The van der Waals surface area contributed by atoms with Gasteiger partial charge in [-0.1, -0.05) is 20.8 Å². The van der Waals surface area contributed by atoms with Crippen LogP contribution in [0.25, 0.3) is 0 Å². The molecule has 0 heterocycles. The zero-order valence-corrected chi connectivity index (χ0v) is 11.9. The van der Waals surface area contributed by atoms with Crippen LogP contribution in [-0.4, -0.2) is 49.3 Å². The number of rotatable bonds is 6. The van der Waals surface area contributed by atoms with Crippen molar-refractivity contribution in [3.05, 3.63) is 0 Å². The number of carbonyl (C=O) groups is 3. The minimum Gasteiger partial charge on any atom is -0.480 e. The smallest absolute Gasteiger partial charge is 0.323 e. The van der Waals surface area contributed by atoms with Crippen molar-refractivity contribution in [1.29, 1.82) is 0 Å². The molecule has 0 radical (unpaired) electrons. The monoisotopic (exact) mass is 275 g/mol. The van der Waals surface area contributed by atoms with Gasteiger partial charge < -0.3 is 14.6 Å². The molecule has 0 aromatic rings. The molecule has 0 rings (SSSR count). The highest BCUT2D eigenvalue weighted by atomic mass is 16.5. The van der Waals surface area contributed by atoms with Gasteiger partial charge in [0.1, 0.15) is 12.1 Å². The molecular weight excluding hydrogens is 254 g/mol. The minimum atomic E-state index is -1.11. The highest BCUT2D eigenvalue weighted by Gasteiger charge is 2.36. The number of hydrogen-bond donors (Lipinski definition) is 2. The van der Waals surface area contributed by atoms with E-state index >= 15 is 0 Å². The fourth-order valence-corrected chi connectivity index (χ4v) is 1.50. The lowest BCUT2D eigenvalue weighted by Crippen LogP contribution is -2.54. The number of carboxylic acid groups (broad SMARTS) is 1. The second-order valence-electron chi connectivity index (χ2n) is 5.16. The summed E-state index contributed by atoms with van der Waals surface area (Å²) in [5.41, 5.74) is -0.631. The maximum absolute atomic E-state index is 11.6. The van der Waals surface area contributed by atoms with E-state index in [4.69, 9.17) is 0 Å². The third kappa shape index (κ3) is 5.69. The first-order valence-corrected chi connectivity index (χ1v) is 5.77. The van der Waals surface area contributed by atoms with Crippen molar-refractivity contribution in [2.45, 2.75) is 39.3 Å². The first kappa shape index (κ1) is 17.4. The number of nitrogens with one attached hydrogen (secondary N) is 1. The van der Waals surface area contributed by atoms with Crippen LogP contribution in [-0.2, 0) is 23.9 Å². The number of esters is 2. The molecule has 110 valence electrons. The van der Waals surface area contributed by atoms with Crippen LogP contribution in [0.15, 0.2) is 0 Å². The van der Waals surface area contributed by atoms with Crippen LogP contribution < -0.4 is 5.32 Å². The third-order valence-corrected chi connectivity index (χ3v) is 2.56. The molecule has 7 nitrogen and oxygen atoms in total. The van der Waals surface area contributed by atoms with Crippen LogP contribution in [0.5, 0.6) is 0 Å². The van der Waals surface area contributed by atoms with E-state index in [2.05, 4.69) is 14.8 Å². The summed E-state index contributed by atoms with van der Waals surface area (Å²) < 4.78 is 9.02. The van der Waals surface area contributed by atoms with Gasteiger partial charge in [0.05, 0.1) is 20.6 Å². The van der Waals surface area contributed by atoms with Gasteiger partial charge in [-0.3, -0.25) is 19.7 Å². The molecule has 0 bridgehead atoms. The molecule has 2 atom stereocenters. The SMILES string of the molecule is COC(=O)C[C@H](NC(C(=O)O)C(C)(C)C)C(=O)OC. The molecule has 0 aliphatic carbocycles. The zero-order valence-electron chi connectivity index (χ0n) is 11.9. The molecule has 0 aromatic carbocycles. The van der Waals surface area contributed by atoms with E-state index < -0.39 is 35.4 Å². The molecule has 0 fully saturated rings. The Hall–Kier alpha value is -1.63. The van der Waals surface area contributed by atoms with E-state index in [0.717, 1.165) is 0 Å². The average Bonchev–Trinajstić information content (AvgIpc) is 2.30. The van der Waals surface area contributed by atoms with E-state index in [-0.39, 0.29) is 6.42 Å². The summed E-state index contributed by atoms with van der Waals surface area (Å²) in [4.78, 5) is 34.0. The summed E-state index contributed by atoms with van der Waals surface area (Å²) >= 11 is 0. The second-order valence-corrected chi connectivity index (χ2v) is 5.16. The molecule has 19 heavy (non-hydrogen) atoms. The largest absolute Gasteiger partial charge is 0.480 e. The van der Waals surface area contributed by atoms with Gasteiger partial charge in [0.25, 0.3) is 0 Å². The number of ether oxygens (including phenoxy) is 2. The van der Waals surface area contributed by atoms with Crippen LogP contribution >= 0.6 is 0 Å². The van der Waals surface area contributed by atoms with E-state index in [1.165, 1.54) is 14.2 Å². The highest BCUT2D eigenvalue weighted by Crippen LogP contribution is 2.20. The Bertz CT molecular complexity index is 347. The lowest BCUT2D eigenvalue weighted by molar-refractivity contribution is -0.152. The maximum Gasteiger partial charge on any atom is 0.323 e. The van der Waals surface area contributed by atoms with Gasteiger partial charge >= 0.3 is 17.9 Å². The predicted molar refractivity (Wildman–Crippen MR) is 66.5 cm³/mol. The maximum atomic E-state index is 11.6. The van der Waals surface area contributed by atoms with Crippen molar-refractivity contribution in [2.75, 3.05) is 14.2 Å². The Labute approximate surface area is 112 Å². The first-order valence-electron chi connectivity index (χ1n) is 5.77. The lowest BCUT2D eigenvalue weighted by Gasteiger charge is -2.30. The number of aliphatic carboxylic acids is 1. The fourth-order valence-electron chi connectivity index (χ4n) is 1.50. The lowest BCUT2D eigenvalue weighted by atomic mass is 9.86. The highest BCUT2D eigenvalue weighted by molar-refractivity contribution is 5.84. The van der Waals surface area contributed by atoms with Crippen molar-refractivity contribution in [3.63, 3.8) is 0 Å². The summed E-state index contributed by atoms with van der Waals surface area (Å²) in [6.07, 6.45) is -0.289. The van der Waals surface area contributed by atoms with Gasteiger partial charge in [0.15, 0.2) is 0 Å². The van der Waals surface area contributed by atoms with Crippen molar-refractivity contribution in [2.24, 2.45) is 5.41 Å². The summed E-state index contributed by atoms with van der Waals surface area (Å²) in [5.74, 6) is -2.44. The average molecular weight is 275 g/mol. The van der Waals surface area contributed by atoms with Gasteiger partial charge in [0.2, 0.25) is 0 Å². The number of carbonyl (C=O) groups excluding carboxylic acids is 2. The van der Waals surface area contributed by atoms with E-state index in [0.29, 0.717) is 0 Å². The van der Waals surface area contributed by atoms with E-state index in [9.17, 15) is 19.5 Å². The fraction of sp³-hybridized carbons (Fsp3) is 0.750. The normalized spacial score (nSPS) is 14.4. The van der Waals surface area contributed by atoms with Crippen LogP contribution in [0.4, 0.5) is 0 Å². The number of carboxylic acids is 1. The van der Waals surface area contributed by atoms with Gasteiger partial charge in [-0.05, 0) is 5.41 Å². The molecule has 0 aromatic heterocycles. The van der Waals surface area contributed by atoms with Crippen LogP contribution in [0.1, 0.15) is 27.2 Å². The Morgan fingerprint density at radius 3 is 2.00 bits per heavy atom. The molecule has 0 aliphatic heterocycles. The standard InChI is InChI=1S/C12H21NO6/c1-12(2,3)9(10(15)16)13-7(11(17)19-5)6-8(14)18-4/h7,9,13H,6H2,1-5H3,(H,15,16)/t7-,9?/m0/s1. The molecule has 1 unspecified atom stereocenters. The van der Waals surface area contributed by atoms with Crippen molar-refractivity contribution in [1.82, 2.24) is 5.32 Å². The summed E-state index contributed by atoms with van der Waals surface area (Å²) in [7, 11) is 2.36. The Morgan fingerprint density at radius 2 is 1.68 bits per heavy atom. The molecule has 7 heteroatoms. The van der Waals surface area contributed by atoms with Crippen molar-refractivity contribution >= 4 is 17.9 Å². The van der Waals surface area contributed by atoms with Gasteiger partial charge in [-0.25, -0.2) is 0 Å². The van der Waals surface area contributed by atoms with Gasteiger partial charge in [-0.15, -0.1) is 0 Å². The predicted octanol–water partition coefficient (Wildman–Crippen LogP) is 0.180. The molecular formula is C12H21NO6. The molecule has 2 N–H and O–H groups in total. The summed E-state index contributed by atoms with van der Waals surface area (Å²) in [6, 6.07) is -2.06. The minimum absolute atomic E-state index is 0.289. The number of hydrogen-bond acceptors (Lipinski definition) is 6. The molecule has 0 saturated heterocycles. The molecule has 0 aliphatic rings. The third-order valence-electron chi connectivity index (χ3n) is 2.56. The Morgan fingerprint density at radius 1 is 1.16 bits per heavy atom. The molecule has 0 saturated carbocycles. The summed E-state index contributed by atoms with van der Waals surface area (Å²) in [5, 5.41) is 11.8. The van der Waals surface area contributed by atoms with Crippen molar-refractivity contribution in [3.8, 4) is 0 Å². The summed E-state index contributed by atoms with van der Waals surface area (Å²) in [6.45, 7) is 5.14. The Kier molecular flexibility index (Phi) is 6.47. The number of methoxy groups -OCH3 is 2. The molecule has 0 amide bonds. The second kappa shape index (κ2) is 7.08. The van der Waals surface area contributed by atoms with Gasteiger partial charge in [0, 0.05) is 0 Å². The Balaban J connectivity index is 5.01. The zero-order chi connectivity index (χ0) is 15.2.